The summed E-state index contributed by atoms with van der Waals surface area (Å²) in [5, 5.41) is 10.8. The van der Waals surface area contributed by atoms with Crippen LogP contribution in [0.25, 0.3) is 5.57 Å². The third-order valence-electron chi connectivity index (χ3n) is 2.94. The van der Waals surface area contributed by atoms with Crippen LogP contribution in [0.3, 0.4) is 0 Å². The zero-order chi connectivity index (χ0) is 14.8. The van der Waals surface area contributed by atoms with Gasteiger partial charge in [-0.15, -0.1) is 10.2 Å². The predicted octanol–water partition coefficient (Wildman–Crippen LogP) is 2.93. The van der Waals surface area contributed by atoms with Crippen LogP contribution < -0.4 is 10.1 Å². The summed E-state index contributed by atoms with van der Waals surface area (Å²) in [5.74, 6) is 0.545. The Morgan fingerprint density at radius 1 is 1.48 bits per heavy atom. The molecule has 3 rings (SSSR count). The monoisotopic (exact) mass is 307 g/mol. The van der Waals surface area contributed by atoms with Gasteiger partial charge in [0.1, 0.15) is 11.6 Å². The van der Waals surface area contributed by atoms with Crippen LogP contribution in [0.2, 0.25) is 5.02 Å². The molecule has 0 radical (unpaired) electrons. The number of nitrogens with zero attached hydrogens (tertiary/aromatic N) is 2. The van der Waals surface area contributed by atoms with Crippen LogP contribution in [0, 0.1) is 5.82 Å². The summed E-state index contributed by atoms with van der Waals surface area (Å²) in [4.78, 5) is 0. The fourth-order valence-corrected chi connectivity index (χ4v) is 1.88. The molecule has 0 unspecified atom stereocenters. The molecule has 1 aliphatic carbocycles. The molecular formula is C14H11ClFN3O2. The van der Waals surface area contributed by atoms with Crippen LogP contribution in [0.15, 0.2) is 34.0 Å². The number of ether oxygens (including phenoxy) is 1. The van der Waals surface area contributed by atoms with E-state index in [4.69, 9.17) is 20.8 Å². The third-order valence-corrected chi connectivity index (χ3v) is 3.24. The fraction of sp³-hybridized carbons (Fsp3) is 0.214. The average Bonchev–Trinajstić information content (AvgIpc) is 2.88. The molecule has 0 saturated carbocycles. The van der Waals surface area contributed by atoms with E-state index in [-0.39, 0.29) is 11.6 Å². The van der Waals surface area contributed by atoms with Crippen molar-refractivity contribution in [3.8, 4) is 5.75 Å². The smallest absolute Gasteiger partial charge is 0.254 e. The average molecular weight is 308 g/mol. The Hall–Kier alpha value is -2.30. The second-order valence-electron chi connectivity index (χ2n) is 4.37. The maximum atomic E-state index is 13.3. The molecule has 1 N–H and O–H groups in total. The van der Waals surface area contributed by atoms with Crippen molar-refractivity contribution >= 4 is 17.2 Å². The van der Waals surface area contributed by atoms with Crippen molar-refractivity contribution in [1.29, 1.82) is 0 Å². The highest BCUT2D eigenvalue weighted by Gasteiger charge is 2.18. The lowest BCUT2D eigenvalue weighted by Gasteiger charge is -2.11. The van der Waals surface area contributed by atoms with E-state index in [1.165, 1.54) is 12.1 Å². The van der Waals surface area contributed by atoms with Crippen molar-refractivity contribution in [3.63, 3.8) is 0 Å². The molecule has 0 atom stereocenters. The first-order valence-electron chi connectivity index (χ1n) is 6.22. The Bertz CT molecular complexity index is 750. The number of aromatic nitrogens is 2. The number of nitrogens with one attached hydrogen (secondary N) is 1. The zero-order valence-electron chi connectivity index (χ0n) is 11.1. The van der Waals surface area contributed by atoms with E-state index in [0.717, 1.165) is 17.7 Å². The Morgan fingerprint density at radius 3 is 3.00 bits per heavy atom. The van der Waals surface area contributed by atoms with Crippen molar-refractivity contribution in [2.75, 3.05) is 7.05 Å². The van der Waals surface area contributed by atoms with E-state index < -0.39 is 5.82 Å². The number of hydrogen-bond donors (Lipinski definition) is 1. The van der Waals surface area contributed by atoms with Gasteiger partial charge in [0.05, 0.1) is 16.3 Å². The molecule has 0 bridgehead atoms. The third kappa shape index (κ3) is 2.91. The maximum absolute atomic E-state index is 13.3. The van der Waals surface area contributed by atoms with Crippen LogP contribution >= 0.6 is 11.6 Å². The summed E-state index contributed by atoms with van der Waals surface area (Å²) in [5.41, 5.74) is 4.92. The van der Waals surface area contributed by atoms with Crippen LogP contribution in [0.4, 0.5) is 4.39 Å². The van der Waals surface area contributed by atoms with E-state index in [9.17, 15) is 4.39 Å². The van der Waals surface area contributed by atoms with Gasteiger partial charge in [0, 0.05) is 19.5 Å². The number of halogens is 2. The van der Waals surface area contributed by atoms with Crippen molar-refractivity contribution in [1.82, 2.24) is 15.5 Å². The minimum absolute atomic E-state index is 0.0477. The van der Waals surface area contributed by atoms with Gasteiger partial charge >= 0.3 is 0 Å². The standard InChI is InChI=1S/C14H11ClFN3O2/c1-17-9-4-8(5-9)14-19-18-13(21-14)7-20-10-2-3-11(15)12(16)6-10/h2-3,6,17H,4,7H2,1H3. The molecule has 0 spiro atoms. The van der Waals surface area contributed by atoms with Gasteiger partial charge in [0.25, 0.3) is 11.8 Å². The highest BCUT2D eigenvalue weighted by atomic mass is 35.5. The van der Waals surface area contributed by atoms with E-state index >= 15 is 0 Å². The zero-order valence-corrected chi connectivity index (χ0v) is 11.9. The molecule has 21 heavy (non-hydrogen) atoms. The minimum Gasteiger partial charge on any atom is -0.484 e. The Labute approximate surface area is 125 Å². The number of benzene rings is 1. The summed E-state index contributed by atoms with van der Waals surface area (Å²) in [7, 11) is 1.83. The summed E-state index contributed by atoms with van der Waals surface area (Å²) < 4.78 is 24.1. The van der Waals surface area contributed by atoms with Gasteiger partial charge in [-0.1, -0.05) is 17.3 Å². The fourth-order valence-electron chi connectivity index (χ4n) is 1.77. The lowest BCUT2D eigenvalue weighted by atomic mass is 10.0. The quantitative estimate of drug-likeness (QED) is 0.861. The van der Waals surface area contributed by atoms with E-state index in [2.05, 4.69) is 21.2 Å². The minimum atomic E-state index is -0.537. The van der Waals surface area contributed by atoms with Crippen LogP contribution in [0.5, 0.6) is 5.75 Å². The second kappa shape index (κ2) is 5.60. The Balaban J connectivity index is 1.65. The second-order valence-corrected chi connectivity index (χ2v) is 4.78. The van der Waals surface area contributed by atoms with Gasteiger partial charge in [0.15, 0.2) is 6.61 Å². The molecular weight excluding hydrogens is 297 g/mol. The molecule has 1 aromatic heterocycles. The highest BCUT2D eigenvalue weighted by molar-refractivity contribution is 6.30. The van der Waals surface area contributed by atoms with Crippen LogP contribution in [-0.2, 0) is 6.61 Å². The van der Waals surface area contributed by atoms with E-state index in [1.807, 2.05) is 7.05 Å². The lowest BCUT2D eigenvalue weighted by molar-refractivity contribution is 0.261. The molecule has 0 aliphatic heterocycles. The van der Waals surface area contributed by atoms with Crippen molar-refractivity contribution in [3.05, 3.63) is 52.2 Å². The largest absolute Gasteiger partial charge is 0.484 e. The number of rotatable bonds is 5. The predicted molar refractivity (Wildman–Crippen MR) is 74.1 cm³/mol. The van der Waals surface area contributed by atoms with Crippen molar-refractivity contribution in [2.45, 2.75) is 13.0 Å². The molecule has 108 valence electrons. The number of hydrogen-bond acceptors (Lipinski definition) is 5. The highest BCUT2D eigenvalue weighted by Crippen LogP contribution is 2.26. The Kier molecular flexibility index (Phi) is 3.64. The molecule has 7 heteroatoms. The first-order chi connectivity index (χ1) is 10.2. The lowest BCUT2D eigenvalue weighted by Crippen LogP contribution is -2.10. The van der Waals surface area contributed by atoms with Gasteiger partial charge in [-0.2, -0.15) is 0 Å². The first-order valence-corrected chi connectivity index (χ1v) is 6.60. The van der Waals surface area contributed by atoms with E-state index in [0.29, 0.717) is 17.5 Å². The van der Waals surface area contributed by atoms with Crippen LogP contribution in [0.1, 0.15) is 18.2 Å². The maximum Gasteiger partial charge on any atom is 0.254 e. The van der Waals surface area contributed by atoms with E-state index in [1.54, 1.807) is 6.07 Å². The normalized spacial score (nSPS) is 13.3. The summed E-state index contributed by atoms with van der Waals surface area (Å²) in [6.45, 7) is 0.0595. The summed E-state index contributed by atoms with van der Waals surface area (Å²) in [6, 6.07) is 4.20. The summed E-state index contributed by atoms with van der Waals surface area (Å²) >= 11 is 5.59. The van der Waals surface area contributed by atoms with Crippen molar-refractivity contribution < 1.29 is 13.5 Å². The summed E-state index contributed by atoms with van der Waals surface area (Å²) in [6.07, 6.45) is 0.724. The molecule has 1 aromatic carbocycles. The molecule has 0 fully saturated rings. The molecule has 2 aromatic rings. The Morgan fingerprint density at radius 2 is 2.29 bits per heavy atom. The topological polar surface area (TPSA) is 60.2 Å². The molecule has 0 amide bonds. The van der Waals surface area contributed by atoms with Gasteiger partial charge in [-0.3, -0.25) is 0 Å². The van der Waals surface area contributed by atoms with Crippen molar-refractivity contribution in [2.24, 2.45) is 0 Å². The molecule has 1 aliphatic rings. The molecule has 1 heterocycles. The van der Waals surface area contributed by atoms with Gasteiger partial charge in [0.2, 0.25) is 0 Å². The molecule has 0 saturated heterocycles. The SMILES string of the molecule is CNC1=C=C(c2nnc(COc3ccc(Cl)c(F)c3)o2)C1. The van der Waals surface area contributed by atoms with Crippen LogP contribution in [-0.4, -0.2) is 17.2 Å². The van der Waals surface area contributed by atoms with Gasteiger partial charge in [-0.05, 0) is 12.1 Å². The van der Waals surface area contributed by atoms with Gasteiger partial charge < -0.3 is 14.5 Å². The first kappa shape index (κ1) is 13.7. The van der Waals surface area contributed by atoms with Gasteiger partial charge in [-0.25, -0.2) is 4.39 Å². The molecule has 5 nitrogen and oxygen atoms in total.